The van der Waals surface area contributed by atoms with Crippen LogP contribution in [-0.2, 0) is 4.79 Å². The standard InChI is InChI=1S/C19H28N4O/c1-14-12-20-15(2)17(21-14)22-11-9-19(13-22)8-5-10-23(18(19)24)16-6-3-4-7-16/h12,16H,3-11,13H2,1-2H3. The Balaban J connectivity index is 1.55. The van der Waals surface area contributed by atoms with Gasteiger partial charge in [-0.2, -0.15) is 0 Å². The summed E-state index contributed by atoms with van der Waals surface area (Å²) in [7, 11) is 0. The lowest BCUT2D eigenvalue weighted by atomic mass is 9.77. The Morgan fingerprint density at radius 1 is 1.12 bits per heavy atom. The monoisotopic (exact) mass is 328 g/mol. The van der Waals surface area contributed by atoms with E-state index in [2.05, 4.69) is 14.8 Å². The zero-order chi connectivity index (χ0) is 16.7. The normalized spacial score (nSPS) is 28.3. The Morgan fingerprint density at radius 2 is 1.92 bits per heavy atom. The molecule has 1 aromatic heterocycles. The first kappa shape index (κ1) is 15.9. The van der Waals surface area contributed by atoms with Gasteiger partial charge < -0.3 is 9.80 Å². The van der Waals surface area contributed by atoms with Crippen LogP contribution in [0.4, 0.5) is 5.82 Å². The fourth-order valence-corrected chi connectivity index (χ4v) is 4.92. The van der Waals surface area contributed by atoms with E-state index < -0.39 is 0 Å². The lowest BCUT2D eigenvalue weighted by molar-refractivity contribution is -0.147. The van der Waals surface area contributed by atoms with Crippen LogP contribution in [0.1, 0.15) is 56.3 Å². The first-order chi connectivity index (χ1) is 11.6. The van der Waals surface area contributed by atoms with Crippen molar-refractivity contribution in [3.05, 3.63) is 17.6 Å². The third-order valence-electron chi connectivity index (χ3n) is 6.24. The highest BCUT2D eigenvalue weighted by molar-refractivity contribution is 5.85. The summed E-state index contributed by atoms with van der Waals surface area (Å²) in [5, 5.41) is 0. The van der Waals surface area contributed by atoms with Gasteiger partial charge in [-0.3, -0.25) is 9.78 Å². The second-order valence-corrected chi connectivity index (χ2v) is 7.91. The van der Waals surface area contributed by atoms with E-state index in [1.54, 1.807) is 0 Å². The molecule has 2 saturated heterocycles. The predicted octanol–water partition coefficient (Wildman–Crippen LogP) is 2.85. The summed E-state index contributed by atoms with van der Waals surface area (Å²) in [6.07, 6.45) is 9.93. The molecule has 3 fully saturated rings. The molecule has 5 nitrogen and oxygen atoms in total. The number of carbonyl (C=O) groups is 1. The summed E-state index contributed by atoms with van der Waals surface area (Å²) in [6, 6.07) is 0.504. The number of hydrogen-bond donors (Lipinski definition) is 0. The van der Waals surface area contributed by atoms with Crippen LogP contribution in [-0.4, -0.2) is 46.5 Å². The van der Waals surface area contributed by atoms with Crippen molar-refractivity contribution in [1.82, 2.24) is 14.9 Å². The molecule has 1 saturated carbocycles. The van der Waals surface area contributed by atoms with E-state index in [4.69, 9.17) is 4.98 Å². The molecule has 4 rings (SSSR count). The van der Waals surface area contributed by atoms with Crippen molar-refractivity contribution in [3.63, 3.8) is 0 Å². The Morgan fingerprint density at radius 3 is 2.71 bits per heavy atom. The van der Waals surface area contributed by atoms with Gasteiger partial charge in [0.2, 0.25) is 5.91 Å². The zero-order valence-corrected chi connectivity index (χ0v) is 14.9. The van der Waals surface area contributed by atoms with E-state index in [-0.39, 0.29) is 5.41 Å². The van der Waals surface area contributed by atoms with Crippen LogP contribution in [0.5, 0.6) is 0 Å². The smallest absolute Gasteiger partial charge is 0.230 e. The van der Waals surface area contributed by atoms with E-state index in [0.717, 1.165) is 56.1 Å². The Labute approximate surface area is 144 Å². The maximum atomic E-state index is 13.3. The summed E-state index contributed by atoms with van der Waals surface area (Å²) in [5.74, 6) is 1.39. The highest BCUT2D eigenvalue weighted by Gasteiger charge is 2.50. The largest absolute Gasteiger partial charge is 0.354 e. The molecule has 3 heterocycles. The molecule has 1 aliphatic carbocycles. The molecule has 0 bridgehead atoms. The van der Waals surface area contributed by atoms with E-state index >= 15 is 0 Å². The molecule has 5 heteroatoms. The van der Waals surface area contributed by atoms with Gasteiger partial charge in [-0.05, 0) is 46.0 Å². The number of hydrogen-bond acceptors (Lipinski definition) is 4. The number of aryl methyl sites for hydroxylation is 2. The molecule has 0 N–H and O–H groups in total. The molecule has 1 spiro atoms. The number of anilines is 1. The molecule has 1 unspecified atom stereocenters. The summed E-state index contributed by atoms with van der Waals surface area (Å²) in [6.45, 7) is 6.70. The molecule has 130 valence electrons. The lowest BCUT2D eigenvalue weighted by Crippen LogP contribution is -2.53. The Bertz CT molecular complexity index is 640. The van der Waals surface area contributed by atoms with Gasteiger partial charge in [-0.1, -0.05) is 12.8 Å². The van der Waals surface area contributed by atoms with Crippen LogP contribution in [0, 0.1) is 19.3 Å². The van der Waals surface area contributed by atoms with Crippen molar-refractivity contribution < 1.29 is 4.79 Å². The quantitative estimate of drug-likeness (QED) is 0.837. The molecule has 0 radical (unpaired) electrons. The average Bonchev–Trinajstić information content (AvgIpc) is 3.23. The van der Waals surface area contributed by atoms with Crippen LogP contribution >= 0.6 is 0 Å². The summed E-state index contributed by atoms with van der Waals surface area (Å²) >= 11 is 0. The zero-order valence-electron chi connectivity index (χ0n) is 14.9. The number of nitrogens with zero attached hydrogens (tertiary/aromatic N) is 4. The van der Waals surface area contributed by atoms with E-state index in [1.807, 2.05) is 20.0 Å². The molecule has 1 amide bonds. The number of piperidine rings is 1. The number of rotatable bonds is 2. The third-order valence-corrected chi connectivity index (χ3v) is 6.24. The van der Waals surface area contributed by atoms with E-state index in [1.165, 1.54) is 25.7 Å². The van der Waals surface area contributed by atoms with Crippen LogP contribution in [0.15, 0.2) is 6.20 Å². The molecule has 1 atom stereocenters. The topological polar surface area (TPSA) is 49.3 Å². The Kier molecular flexibility index (Phi) is 3.97. The Hall–Kier alpha value is -1.65. The van der Waals surface area contributed by atoms with E-state index in [0.29, 0.717) is 11.9 Å². The summed E-state index contributed by atoms with van der Waals surface area (Å²) in [5.41, 5.74) is 1.73. The van der Waals surface area contributed by atoms with Crippen molar-refractivity contribution in [2.45, 2.75) is 64.8 Å². The van der Waals surface area contributed by atoms with Gasteiger partial charge in [-0.15, -0.1) is 0 Å². The van der Waals surface area contributed by atoms with Crippen LogP contribution in [0.25, 0.3) is 0 Å². The first-order valence-electron chi connectivity index (χ1n) is 9.45. The van der Waals surface area contributed by atoms with Gasteiger partial charge in [0, 0.05) is 31.9 Å². The number of amides is 1. The number of carbonyl (C=O) groups excluding carboxylic acids is 1. The minimum absolute atomic E-state index is 0.182. The van der Waals surface area contributed by atoms with E-state index in [9.17, 15) is 4.79 Å². The molecule has 2 aliphatic heterocycles. The fourth-order valence-electron chi connectivity index (χ4n) is 4.92. The van der Waals surface area contributed by atoms with Gasteiger partial charge in [0.1, 0.15) is 5.82 Å². The lowest BCUT2D eigenvalue weighted by Gasteiger charge is -2.42. The van der Waals surface area contributed by atoms with Crippen molar-refractivity contribution in [1.29, 1.82) is 0 Å². The third kappa shape index (κ3) is 2.58. The SMILES string of the molecule is Cc1cnc(C)c(N2CCC3(CCCN(C4CCCC4)C3=O)C2)n1. The molecular weight excluding hydrogens is 300 g/mol. The first-order valence-corrected chi connectivity index (χ1v) is 9.45. The average molecular weight is 328 g/mol. The van der Waals surface area contributed by atoms with Crippen molar-refractivity contribution >= 4 is 11.7 Å². The maximum absolute atomic E-state index is 13.3. The molecule has 1 aromatic rings. The van der Waals surface area contributed by atoms with Gasteiger partial charge in [0.25, 0.3) is 0 Å². The minimum Gasteiger partial charge on any atom is -0.354 e. The summed E-state index contributed by atoms with van der Waals surface area (Å²) < 4.78 is 0. The number of aromatic nitrogens is 2. The van der Waals surface area contributed by atoms with Crippen LogP contribution in [0.3, 0.4) is 0 Å². The second kappa shape index (κ2) is 6.01. The number of likely N-dealkylation sites (tertiary alicyclic amines) is 1. The van der Waals surface area contributed by atoms with Gasteiger partial charge in [0.05, 0.1) is 16.8 Å². The maximum Gasteiger partial charge on any atom is 0.230 e. The van der Waals surface area contributed by atoms with Gasteiger partial charge >= 0.3 is 0 Å². The minimum atomic E-state index is -0.182. The molecule has 3 aliphatic rings. The summed E-state index contributed by atoms with van der Waals surface area (Å²) in [4.78, 5) is 27.0. The predicted molar refractivity (Wildman–Crippen MR) is 94.0 cm³/mol. The highest BCUT2D eigenvalue weighted by atomic mass is 16.2. The molecule has 24 heavy (non-hydrogen) atoms. The highest BCUT2D eigenvalue weighted by Crippen LogP contribution is 2.43. The van der Waals surface area contributed by atoms with Crippen molar-refractivity contribution in [3.8, 4) is 0 Å². The van der Waals surface area contributed by atoms with Gasteiger partial charge in [-0.25, -0.2) is 4.98 Å². The molecular formula is C19H28N4O. The van der Waals surface area contributed by atoms with Crippen LogP contribution < -0.4 is 4.90 Å². The van der Waals surface area contributed by atoms with Crippen molar-refractivity contribution in [2.24, 2.45) is 5.41 Å². The second-order valence-electron chi connectivity index (χ2n) is 7.91. The molecule has 0 aromatic carbocycles. The van der Waals surface area contributed by atoms with Crippen molar-refractivity contribution in [2.75, 3.05) is 24.5 Å². The fraction of sp³-hybridized carbons (Fsp3) is 0.737. The van der Waals surface area contributed by atoms with Gasteiger partial charge in [0.15, 0.2) is 0 Å². The van der Waals surface area contributed by atoms with Crippen LogP contribution in [0.2, 0.25) is 0 Å².